The van der Waals surface area contributed by atoms with Gasteiger partial charge in [0.05, 0.1) is 10.3 Å². The van der Waals surface area contributed by atoms with Crippen LogP contribution in [0.15, 0.2) is 42.5 Å². The lowest BCUT2D eigenvalue weighted by Gasteiger charge is -2.35. The number of aryl methyl sites for hydroxylation is 1. The summed E-state index contributed by atoms with van der Waals surface area (Å²) >= 11 is 0. The largest absolute Gasteiger partial charge is 0.322 e. The van der Waals surface area contributed by atoms with Gasteiger partial charge in [0.25, 0.3) is 11.6 Å². The normalized spacial score (nSPS) is 18.8. The van der Waals surface area contributed by atoms with Crippen molar-refractivity contribution < 1.29 is 19.3 Å². The number of rotatable bonds is 5. The number of hydrogen-bond donors (Lipinski definition) is 2. The fourth-order valence-corrected chi connectivity index (χ4v) is 3.64. The molecule has 2 N–H and O–H groups in total. The zero-order valence-electron chi connectivity index (χ0n) is 16.2. The van der Waals surface area contributed by atoms with Crippen molar-refractivity contribution in [2.75, 3.05) is 5.32 Å². The second kappa shape index (κ2) is 7.83. The first kappa shape index (κ1) is 20.2. The minimum Gasteiger partial charge on any atom is -0.322 e. The molecule has 3 amide bonds. The first-order valence-corrected chi connectivity index (χ1v) is 9.28. The summed E-state index contributed by atoms with van der Waals surface area (Å²) in [7, 11) is 0. The highest BCUT2D eigenvalue weighted by atomic mass is 16.6. The van der Waals surface area contributed by atoms with Crippen LogP contribution in [-0.4, -0.2) is 22.6 Å². The smallest absolute Gasteiger partial charge is 0.272 e. The molecule has 2 aromatic carbocycles. The molecule has 0 bridgehead atoms. The van der Waals surface area contributed by atoms with Crippen molar-refractivity contribution in [1.82, 2.24) is 5.32 Å². The van der Waals surface area contributed by atoms with Gasteiger partial charge in [0.15, 0.2) is 0 Å². The van der Waals surface area contributed by atoms with Crippen LogP contribution in [0, 0.1) is 17.0 Å². The van der Waals surface area contributed by atoms with E-state index >= 15 is 0 Å². The molecule has 29 heavy (non-hydrogen) atoms. The molecule has 0 spiro atoms. The lowest BCUT2D eigenvalue weighted by Crippen LogP contribution is -2.51. The van der Waals surface area contributed by atoms with Crippen LogP contribution in [0.1, 0.15) is 47.7 Å². The molecule has 1 heterocycles. The number of amides is 3. The Balaban J connectivity index is 1.78. The van der Waals surface area contributed by atoms with Crippen molar-refractivity contribution in [3.8, 4) is 0 Å². The van der Waals surface area contributed by atoms with Crippen LogP contribution in [0.2, 0.25) is 0 Å². The summed E-state index contributed by atoms with van der Waals surface area (Å²) in [6, 6.07) is 11.1. The van der Waals surface area contributed by atoms with E-state index < -0.39 is 10.3 Å². The monoisotopic (exact) mass is 395 g/mol. The van der Waals surface area contributed by atoms with E-state index in [0.717, 1.165) is 5.56 Å². The Morgan fingerprint density at radius 2 is 1.90 bits per heavy atom. The highest BCUT2D eigenvalue weighted by molar-refractivity contribution is 6.05. The number of nitrogens with zero attached hydrogens (tertiary/aromatic N) is 1. The maximum Gasteiger partial charge on any atom is 0.272 e. The summed E-state index contributed by atoms with van der Waals surface area (Å²) in [6.45, 7) is 3.48. The van der Waals surface area contributed by atoms with Gasteiger partial charge in [-0.25, -0.2) is 0 Å². The summed E-state index contributed by atoms with van der Waals surface area (Å²) in [5, 5.41) is 16.1. The third-order valence-electron chi connectivity index (χ3n) is 5.42. The molecular weight excluding hydrogens is 374 g/mol. The fraction of sp³-hybridized carbons (Fsp3) is 0.286. The first-order chi connectivity index (χ1) is 13.8. The quantitative estimate of drug-likeness (QED) is 0.458. The van der Waals surface area contributed by atoms with E-state index in [1.54, 1.807) is 31.2 Å². The van der Waals surface area contributed by atoms with Crippen molar-refractivity contribution in [1.29, 1.82) is 0 Å². The van der Waals surface area contributed by atoms with Gasteiger partial charge < -0.3 is 5.32 Å². The molecule has 8 heteroatoms. The zero-order valence-corrected chi connectivity index (χ0v) is 16.2. The molecule has 3 rings (SSSR count). The second-order valence-electron chi connectivity index (χ2n) is 7.10. The number of imide groups is 1. The average Bonchev–Trinajstić information content (AvgIpc) is 2.69. The Morgan fingerprint density at radius 1 is 1.21 bits per heavy atom. The van der Waals surface area contributed by atoms with Gasteiger partial charge in [-0.2, -0.15) is 0 Å². The second-order valence-corrected chi connectivity index (χ2v) is 7.10. The summed E-state index contributed by atoms with van der Waals surface area (Å²) < 4.78 is 0. The minimum absolute atomic E-state index is 0.0417. The van der Waals surface area contributed by atoms with Crippen molar-refractivity contribution in [2.24, 2.45) is 0 Å². The van der Waals surface area contributed by atoms with Crippen molar-refractivity contribution in [3.63, 3.8) is 0 Å². The van der Waals surface area contributed by atoms with Crippen molar-refractivity contribution in [2.45, 2.75) is 38.5 Å². The van der Waals surface area contributed by atoms with Crippen LogP contribution >= 0.6 is 0 Å². The lowest BCUT2D eigenvalue weighted by atomic mass is 9.72. The molecule has 1 atom stereocenters. The molecule has 1 unspecified atom stereocenters. The zero-order chi connectivity index (χ0) is 21.2. The van der Waals surface area contributed by atoms with E-state index in [4.69, 9.17) is 0 Å². The Labute approximate surface area is 167 Å². The van der Waals surface area contributed by atoms with Crippen molar-refractivity contribution >= 4 is 29.1 Å². The third-order valence-corrected chi connectivity index (χ3v) is 5.42. The fourth-order valence-electron chi connectivity index (χ4n) is 3.64. The number of piperidine rings is 1. The van der Waals surface area contributed by atoms with E-state index in [9.17, 15) is 24.5 Å². The summed E-state index contributed by atoms with van der Waals surface area (Å²) in [5.41, 5.74) is 1.24. The molecule has 1 fully saturated rings. The van der Waals surface area contributed by atoms with Gasteiger partial charge in [0, 0.05) is 29.3 Å². The number of nitro benzene ring substituents is 1. The predicted molar refractivity (Wildman–Crippen MR) is 107 cm³/mol. The van der Waals surface area contributed by atoms with Crippen molar-refractivity contribution in [3.05, 3.63) is 69.3 Å². The summed E-state index contributed by atoms with van der Waals surface area (Å²) in [4.78, 5) is 46.8. The number of nitro groups is 1. The van der Waals surface area contributed by atoms with Gasteiger partial charge >= 0.3 is 0 Å². The maximum absolute atomic E-state index is 12.5. The number of benzene rings is 2. The van der Waals surface area contributed by atoms with Crippen LogP contribution in [0.4, 0.5) is 11.4 Å². The number of carbonyl (C=O) groups is 3. The molecule has 1 aliphatic rings. The van der Waals surface area contributed by atoms with Gasteiger partial charge in [-0.15, -0.1) is 0 Å². The number of anilines is 1. The van der Waals surface area contributed by atoms with Crippen LogP contribution in [0.25, 0.3) is 0 Å². The highest BCUT2D eigenvalue weighted by Gasteiger charge is 2.42. The highest BCUT2D eigenvalue weighted by Crippen LogP contribution is 2.36. The maximum atomic E-state index is 12.5. The average molecular weight is 395 g/mol. The van der Waals surface area contributed by atoms with Crippen LogP contribution in [0.5, 0.6) is 0 Å². The standard InChI is InChI=1S/C21H21N3O5/c1-3-21(11-10-18(25)23-20(21)27)15-5-7-16(8-6-15)22-19(26)14-4-9-17(24(28)29)13(2)12-14/h4-9,12H,3,10-11H2,1-2H3,(H,22,26)(H,23,25,27). The van der Waals surface area contributed by atoms with E-state index in [1.807, 2.05) is 6.92 Å². The van der Waals surface area contributed by atoms with Gasteiger partial charge in [0.2, 0.25) is 11.8 Å². The van der Waals surface area contributed by atoms with Crippen LogP contribution < -0.4 is 10.6 Å². The summed E-state index contributed by atoms with van der Waals surface area (Å²) in [6.07, 6.45) is 1.29. The molecular formula is C21H21N3O5. The molecule has 0 radical (unpaired) electrons. The molecule has 150 valence electrons. The van der Waals surface area contributed by atoms with Crippen LogP contribution in [-0.2, 0) is 15.0 Å². The van der Waals surface area contributed by atoms with Gasteiger partial charge in [0.1, 0.15) is 0 Å². The first-order valence-electron chi connectivity index (χ1n) is 9.28. The van der Waals surface area contributed by atoms with E-state index in [1.165, 1.54) is 18.2 Å². The molecule has 0 aliphatic carbocycles. The SMILES string of the molecule is CCC1(c2ccc(NC(=O)c3ccc([N+](=O)[O-])c(C)c3)cc2)CCC(=O)NC1=O. The molecule has 8 nitrogen and oxygen atoms in total. The van der Waals surface area contributed by atoms with Gasteiger partial charge in [-0.1, -0.05) is 19.1 Å². The van der Waals surface area contributed by atoms with E-state index in [0.29, 0.717) is 29.7 Å². The Kier molecular flexibility index (Phi) is 5.45. The van der Waals surface area contributed by atoms with Gasteiger partial charge in [-0.3, -0.25) is 29.8 Å². The van der Waals surface area contributed by atoms with E-state index in [2.05, 4.69) is 10.6 Å². The lowest BCUT2D eigenvalue weighted by molar-refractivity contribution is -0.385. The van der Waals surface area contributed by atoms with Crippen LogP contribution in [0.3, 0.4) is 0 Å². The molecule has 1 saturated heterocycles. The molecule has 1 aliphatic heterocycles. The predicted octanol–water partition coefficient (Wildman–Crippen LogP) is 3.24. The minimum atomic E-state index is -0.758. The molecule has 0 saturated carbocycles. The summed E-state index contributed by atoms with van der Waals surface area (Å²) in [5.74, 6) is -0.947. The molecule has 2 aromatic rings. The number of carbonyl (C=O) groups excluding carboxylic acids is 3. The van der Waals surface area contributed by atoms with E-state index in [-0.39, 0.29) is 29.8 Å². The Bertz CT molecular complexity index is 1000. The Morgan fingerprint density at radius 3 is 2.45 bits per heavy atom. The topological polar surface area (TPSA) is 118 Å². The number of nitrogens with one attached hydrogen (secondary N) is 2. The van der Waals surface area contributed by atoms with Gasteiger partial charge in [-0.05, 0) is 49.6 Å². The number of hydrogen-bond acceptors (Lipinski definition) is 5. The molecule has 0 aromatic heterocycles. The Hall–Kier alpha value is -3.55. The third kappa shape index (κ3) is 3.87.